The molecule has 2 aliphatic carbocycles. The van der Waals surface area contributed by atoms with Crippen LogP contribution in [0.25, 0.3) is 10.9 Å². The highest BCUT2D eigenvalue weighted by atomic mass is 35.5. The Morgan fingerprint density at radius 3 is 2.52 bits per heavy atom. The van der Waals surface area contributed by atoms with Crippen LogP contribution in [0.4, 0.5) is 14.5 Å². The van der Waals surface area contributed by atoms with Gasteiger partial charge in [0.1, 0.15) is 11.6 Å². The second-order valence-electron chi connectivity index (χ2n) is 8.90. The number of hydrogen-bond acceptors (Lipinski definition) is 2. The Morgan fingerprint density at radius 2 is 1.81 bits per heavy atom. The summed E-state index contributed by atoms with van der Waals surface area (Å²) in [5.41, 5.74) is 2.11. The molecule has 1 amide bonds. The van der Waals surface area contributed by atoms with Crippen molar-refractivity contribution < 1.29 is 13.6 Å². The fraction of sp³-hybridized carbons (Fsp3) is 0.360. The van der Waals surface area contributed by atoms with Crippen LogP contribution in [0.5, 0.6) is 0 Å². The fourth-order valence-electron chi connectivity index (χ4n) is 5.51. The van der Waals surface area contributed by atoms with Crippen LogP contribution in [0.15, 0.2) is 48.7 Å². The monoisotopic (exact) mass is 440 g/mol. The van der Waals surface area contributed by atoms with E-state index in [2.05, 4.69) is 10.3 Å². The maximum Gasteiger partial charge on any atom is 0.228 e. The smallest absolute Gasteiger partial charge is 0.228 e. The van der Waals surface area contributed by atoms with Gasteiger partial charge in [-0.25, -0.2) is 8.78 Å². The molecule has 1 spiro atoms. The van der Waals surface area contributed by atoms with E-state index in [1.54, 1.807) is 24.4 Å². The van der Waals surface area contributed by atoms with Crippen LogP contribution in [0.3, 0.4) is 0 Å². The van der Waals surface area contributed by atoms with Gasteiger partial charge in [0.15, 0.2) is 0 Å². The van der Waals surface area contributed by atoms with Gasteiger partial charge in [-0.3, -0.25) is 9.78 Å². The molecule has 1 N–H and O–H groups in total. The summed E-state index contributed by atoms with van der Waals surface area (Å²) in [6, 6.07) is 11.0. The molecule has 0 unspecified atom stereocenters. The highest BCUT2D eigenvalue weighted by Crippen LogP contribution is 2.58. The first kappa shape index (κ1) is 20.4. The topological polar surface area (TPSA) is 42.0 Å². The third-order valence-electron chi connectivity index (χ3n) is 7.33. The van der Waals surface area contributed by atoms with Crippen LogP contribution in [-0.4, -0.2) is 10.9 Å². The lowest BCUT2D eigenvalue weighted by atomic mass is 9.52. The number of benzene rings is 2. The third kappa shape index (κ3) is 3.69. The lowest BCUT2D eigenvalue weighted by Crippen LogP contribution is -2.48. The number of rotatable bonds is 3. The molecule has 31 heavy (non-hydrogen) atoms. The molecule has 160 valence electrons. The number of carbonyl (C=O) groups is 1. The number of anilines is 1. The molecule has 0 bridgehead atoms. The number of aromatic nitrogens is 1. The average Bonchev–Trinajstić information content (AvgIpc) is 2.74. The van der Waals surface area contributed by atoms with E-state index in [-0.39, 0.29) is 28.7 Å². The summed E-state index contributed by atoms with van der Waals surface area (Å²) < 4.78 is 27.9. The molecule has 2 aromatic carbocycles. The Morgan fingerprint density at radius 1 is 1.03 bits per heavy atom. The van der Waals surface area contributed by atoms with Crippen molar-refractivity contribution in [2.45, 2.75) is 44.4 Å². The Balaban J connectivity index is 1.30. The van der Waals surface area contributed by atoms with Gasteiger partial charge in [0, 0.05) is 22.5 Å². The number of amides is 1. The lowest BCUT2D eigenvalue weighted by molar-refractivity contribution is -0.133. The van der Waals surface area contributed by atoms with Crippen LogP contribution < -0.4 is 5.32 Å². The van der Waals surface area contributed by atoms with Crippen molar-refractivity contribution >= 4 is 34.1 Å². The van der Waals surface area contributed by atoms with Crippen LogP contribution in [0.1, 0.15) is 50.0 Å². The van der Waals surface area contributed by atoms with E-state index >= 15 is 0 Å². The molecule has 0 aliphatic heterocycles. The summed E-state index contributed by atoms with van der Waals surface area (Å²) >= 11 is 5.80. The number of carbonyl (C=O) groups excluding carboxylic acids is 1. The van der Waals surface area contributed by atoms with Gasteiger partial charge in [0.25, 0.3) is 0 Å². The van der Waals surface area contributed by atoms with Crippen molar-refractivity contribution in [2.24, 2.45) is 11.3 Å². The normalized spacial score (nSPS) is 25.4. The van der Waals surface area contributed by atoms with Crippen LogP contribution in [0, 0.1) is 23.0 Å². The van der Waals surface area contributed by atoms with Crippen LogP contribution in [-0.2, 0) is 4.79 Å². The Kier molecular flexibility index (Phi) is 5.17. The Labute approximate surface area is 184 Å². The predicted molar refractivity (Wildman–Crippen MR) is 118 cm³/mol. The molecule has 3 nitrogen and oxygen atoms in total. The average molecular weight is 441 g/mol. The van der Waals surface area contributed by atoms with E-state index in [9.17, 15) is 13.6 Å². The summed E-state index contributed by atoms with van der Waals surface area (Å²) in [6.07, 6.45) is 7.43. The van der Waals surface area contributed by atoms with Crippen molar-refractivity contribution in [3.63, 3.8) is 0 Å². The maximum absolute atomic E-state index is 14.1. The van der Waals surface area contributed by atoms with E-state index in [1.807, 2.05) is 6.07 Å². The molecule has 6 heteroatoms. The largest absolute Gasteiger partial charge is 0.323 e. The quantitative estimate of drug-likeness (QED) is 0.483. The first-order valence-electron chi connectivity index (χ1n) is 10.8. The predicted octanol–water partition coefficient (Wildman–Crippen LogP) is 6.86. The molecular formula is C25H23ClF2N2O. The maximum atomic E-state index is 14.1. The van der Waals surface area contributed by atoms with E-state index in [4.69, 9.17) is 11.6 Å². The number of nitrogens with one attached hydrogen (secondary N) is 1. The van der Waals surface area contributed by atoms with E-state index in [0.717, 1.165) is 55.0 Å². The summed E-state index contributed by atoms with van der Waals surface area (Å²) in [7, 11) is 0. The molecule has 0 radical (unpaired) electrons. The fourth-order valence-corrected chi connectivity index (χ4v) is 5.67. The number of fused-ring (bicyclic) bond motifs is 1. The minimum absolute atomic E-state index is 0.0163. The zero-order valence-corrected chi connectivity index (χ0v) is 17.8. The minimum Gasteiger partial charge on any atom is -0.323 e. The van der Waals surface area contributed by atoms with E-state index in [0.29, 0.717) is 10.9 Å². The minimum atomic E-state index is -0.519. The second-order valence-corrected chi connectivity index (χ2v) is 9.34. The highest BCUT2D eigenvalue weighted by Gasteiger charge is 2.51. The molecule has 1 atom stereocenters. The van der Waals surface area contributed by atoms with Gasteiger partial charge in [0.2, 0.25) is 5.91 Å². The van der Waals surface area contributed by atoms with Crippen molar-refractivity contribution in [2.75, 3.05) is 5.32 Å². The highest BCUT2D eigenvalue weighted by molar-refractivity contribution is 6.30. The number of pyridine rings is 1. The molecule has 3 aromatic rings. The van der Waals surface area contributed by atoms with Crippen LogP contribution >= 0.6 is 11.6 Å². The zero-order valence-electron chi connectivity index (χ0n) is 17.0. The van der Waals surface area contributed by atoms with Gasteiger partial charge >= 0.3 is 0 Å². The standard InChI is InChI=1S/C25H23ClF2N2O/c26-16-1-3-23(21(28)13-16)30-24(31)20-7-11-25(20)9-5-15(6-10-25)18-8-12-29-22-4-2-17(27)14-19(18)22/h1-4,8,12-15,20H,5-7,9-11H2,(H,30,31)/t15-,20-,25+/m1/s1. The number of nitrogens with zero attached hydrogens (tertiary/aromatic N) is 1. The summed E-state index contributed by atoms with van der Waals surface area (Å²) in [6.45, 7) is 0. The first-order chi connectivity index (χ1) is 14.9. The lowest BCUT2D eigenvalue weighted by Gasteiger charge is -2.52. The molecule has 5 rings (SSSR count). The summed E-state index contributed by atoms with van der Waals surface area (Å²) in [5, 5.41) is 3.94. The van der Waals surface area contributed by atoms with Gasteiger partial charge in [-0.1, -0.05) is 11.6 Å². The van der Waals surface area contributed by atoms with Gasteiger partial charge in [0.05, 0.1) is 11.2 Å². The van der Waals surface area contributed by atoms with Crippen molar-refractivity contribution in [3.8, 4) is 0 Å². The molecule has 1 heterocycles. The van der Waals surface area contributed by atoms with Gasteiger partial charge < -0.3 is 5.32 Å². The summed E-state index contributed by atoms with van der Waals surface area (Å²) in [4.78, 5) is 17.3. The van der Waals surface area contributed by atoms with Gasteiger partial charge in [-0.2, -0.15) is 0 Å². The first-order valence-corrected chi connectivity index (χ1v) is 11.1. The summed E-state index contributed by atoms with van der Waals surface area (Å²) in [5.74, 6) is -0.651. The van der Waals surface area contributed by atoms with E-state index < -0.39 is 5.82 Å². The molecule has 2 aliphatic rings. The second kappa shape index (κ2) is 7.86. The molecule has 2 saturated carbocycles. The van der Waals surface area contributed by atoms with Crippen molar-refractivity contribution in [1.29, 1.82) is 0 Å². The van der Waals surface area contributed by atoms with Gasteiger partial charge in [-0.15, -0.1) is 0 Å². The Hall–Kier alpha value is -2.53. The molecule has 2 fully saturated rings. The van der Waals surface area contributed by atoms with Crippen molar-refractivity contribution in [3.05, 3.63) is 70.9 Å². The molecular weight excluding hydrogens is 418 g/mol. The molecule has 0 saturated heterocycles. The van der Waals surface area contributed by atoms with Crippen LogP contribution in [0.2, 0.25) is 5.02 Å². The van der Waals surface area contributed by atoms with Crippen molar-refractivity contribution in [1.82, 2.24) is 4.98 Å². The molecule has 1 aromatic heterocycles. The third-order valence-corrected chi connectivity index (χ3v) is 7.57. The number of halogens is 3. The SMILES string of the molecule is O=C(Nc1ccc(Cl)cc1F)[C@H]1CC[C@]12CC[C@H](c1ccnc3ccc(F)cc31)CC2. The van der Waals surface area contributed by atoms with Gasteiger partial charge in [-0.05, 0) is 97.9 Å². The number of hydrogen-bond donors (Lipinski definition) is 1. The Bertz CT molecular complexity index is 1160. The van der Waals surface area contributed by atoms with E-state index in [1.165, 1.54) is 18.2 Å². The zero-order chi connectivity index (χ0) is 21.6.